The minimum atomic E-state index is 0.409. The van der Waals surface area contributed by atoms with Gasteiger partial charge in [0.1, 0.15) is 17.6 Å². The molecule has 1 heterocycles. The van der Waals surface area contributed by atoms with Crippen molar-refractivity contribution >= 4 is 16.7 Å². The van der Waals surface area contributed by atoms with Crippen LogP contribution in [0, 0.1) is 13.8 Å². The van der Waals surface area contributed by atoms with Gasteiger partial charge < -0.3 is 4.84 Å². The lowest BCUT2D eigenvalue weighted by atomic mass is 9.87. The van der Waals surface area contributed by atoms with Gasteiger partial charge in [-0.05, 0) is 83.9 Å². The van der Waals surface area contributed by atoms with E-state index in [2.05, 4.69) is 41.4 Å². The Bertz CT molecular complexity index is 928. The highest BCUT2D eigenvalue weighted by molar-refractivity contribution is 6.02. The summed E-state index contributed by atoms with van der Waals surface area (Å²) in [6.45, 7) is 4.71. The van der Waals surface area contributed by atoms with Crippen molar-refractivity contribution in [2.75, 3.05) is 0 Å². The van der Waals surface area contributed by atoms with Crippen LogP contribution in [-0.2, 0) is 17.9 Å². The Morgan fingerprint density at radius 2 is 1.88 bits per heavy atom. The van der Waals surface area contributed by atoms with Crippen molar-refractivity contribution in [3.63, 3.8) is 0 Å². The lowest BCUT2D eigenvalue weighted by molar-refractivity contribution is 0.130. The number of fused-ring (bicyclic) bond motifs is 2. The molecule has 0 bridgehead atoms. The summed E-state index contributed by atoms with van der Waals surface area (Å²) >= 11 is 0. The molecule has 0 atom stereocenters. The number of hydrogen-bond acceptors (Lipinski definition) is 5. The number of benzene rings is 2. The molecule has 5 nitrogen and oxygen atoms in total. The Morgan fingerprint density at radius 3 is 2.79 bits per heavy atom. The van der Waals surface area contributed by atoms with Gasteiger partial charge in [0.05, 0.1) is 5.71 Å². The Kier molecular flexibility index (Phi) is 3.76. The van der Waals surface area contributed by atoms with Crippen molar-refractivity contribution in [1.29, 1.82) is 0 Å². The molecule has 0 N–H and O–H groups in total. The lowest BCUT2D eigenvalue weighted by Crippen LogP contribution is -2.13. The number of oxime groups is 1. The summed E-state index contributed by atoms with van der Waals surface area (Å²) in [6.07, 6.45) is 3.20. The van der Waals surface area contributed by atoms with E-state index in [1.807, 2.05) is 18.2 Å². The number of aryl methyl sites for hydroxylation is 3. The normalized spacial score (nSPS) is 15.7. The predicted molar refractivity (Wildman–Crippen MR) is 92.0 cm³/mol. The summed E-state index contributed by atoms with van der Waals surface area (Å²) in [5.41, 5.74) is 8.78. The maximum atomic E-state index is 5.62. The van der Waals surface area contributed by atoms with E-state index in [0.717, 1.165) is 41.6 Å². The van der Waals surface area contributed by atoms with Crippen molar-refractivity contribution in [1.82, 2.24) is 10.3 Å². The molecule has 1 aliphatic carbocycles. The van der Waals surface area contributed by atoms with Gasteiger partial charge >= 0.3 is 0 Å². The third-order valence-electron chi connectivity index (χ3n) is 4.61. The number of nitrogens with zero attached hydrogens (tertiary/aromatic N) is 3. The first kappa shape index (κ1) is 14.9. The van der Waals surface area contributed by atoms with E-state index < -0.39 is 0 Å². The fraction of sp³-hybridized carbons (Fsp3) is 0.316. The molecule has 0 radical (unpaired) electrons. The summed E-state index contributed by atoms with van der Waals surface area (Å²) in [6, 6.07) is 10.3. The zero-order chi connectivity index (χ0) is 16.5. The van der Waals surface area contributed by atoms with E-state index in [4.69, 9.17) is 9.47 Å². The van der Waals surface area contributed by atoms with Crippen LogP contribution < -0.4 is 0 Å². The lowest BCUT2D eigenvalue weighted by Gasteiger charge is -2.19. The van der Waals surface area contributed by atoms with Crippen molar-refractivity contribution in [2.45, 2.75) is 39.7 Å². The minimum absolute atomic E-state index is 0.409. The molecule has 1 aromatic heterocycles. The quantitative estimate of drug-likeness (QED) is 0.682. The first-order chi connectivity index (χ1) is 11.7. The monoisotopic (exact) mass is 321 g/mol. The molecule has 122 valence electrons. The van der Waals surface area contributed by atoms with E-state index in [9.17, 15) is 0 Å². The Hall–Kier alpha value is -2.69. The van der Waals surface area contributed by atoms with Crippen LogP contribution >= 0.6 is 0 Å². The summed E-state index contributed by atoms with van der Waals surface area (Å²) in [4.78, 5) is 5.62. The van der Waals surface area contributed by atoms with Crippen LogP contribution in [0.4, 0.5) is 0 Å². The van der Waals surface area contributed by atoms with Gasteiger partial charge in [0.25, 0.3) is 0 Å². The summed E-state index contributed by atoms with van der Waals surface area (Å²) in [5.74, 6) is 0. The van der Waals surface area contributed by atoms with Gasteiger partial charge in [-0.2, -0.15) is 0 Å². The smallest absolute Gasteiger partial charge is 0.142 e. The molecule has 0 fully saturated rings. The molecule has 24 heavy (non-hydrogen) atoms. The molecule has 2 aromatic carbocycles. The third-order valence-corrected chi connectivity index (χ3v) is 4.61. The van der Waals surface area contributed by atoms with Gasteiger partial charge in [-0.25, -0.2) is 4.63 Å². The molecule has 0 amide bonds. The maximum absolute atomic E-state index is 5.62. The predicted octanol–water partition coefficient (Wildman–Crippen LogP) is 4.10. The number of hydrogen-bond donors (Lipinski definition) is 0. The van der Waals surface area contributed by atoms with E-state index in [0.29, 0.717) is 6.61 Å². The topological polar surface area (TPSA) is 60.5 Å². The molecule has 0 spiro atoms. The molecule has 4 rings (SSSR count). The van der Waals surface area contributed by atoms with Crippen LogP contribution in [0.2, 0.25) is 0 Å². The van der Waals surface area contributed by atoms with Gasteiger partial charge in [0.2, 0.25) is 0 Å². The fourth-order valence-corrected chi connectivity index (χ4v) is 3.13. The second-order valence-electron chi connectivity index (χ2n) is 6.35. The highest BCUT2D eigenvalue weighted by Gasteiger charge is 2.17. The van der Waals surface area contributed by atoms with Crippen molar-refractivity contribution < 1.29 is 9.47 Å². The SMILES string of the molecule is Cc1cc2c(cc1C)/C(=N/OCc1ccc3nonc3c1)CCC2. The van der Waals surface area contributed by atoms with Crippen molar-refractivity contribution in [3.8, 4) is 0 Å². The summed E-state index contributed by atoms with van der Waals surface area (Å²) in [5, 5.41) is 12.1. The highest BCUT2D eigenvalue weighted by atomic mass is 16.6. The van der Waals surface area contributed by atoms with E-state index >= 15 is 0 Å². The molecule has 0 aliphatic heterocycles. The molecule has 1 aliphatic rings. The zero-order valence-corrected chi connectivity index (χ0v) is 13.9. The van der Waals surface area contributed by atoms with Crippen LogP contribution in [0.5, 0.6) is 0 Å². The van der Waals surface area contributed by atoms with Crippen LogP contribution in [0.3, 0.4) is 0 Å². The largest absolute Gasteiger partial charge is 0.391 e. The van der Waals surface area contributed by atoms with Crippen LogP contribution in [-0.4, -0.2) is 16.0 Å². The molecular weight excluding hydrogens is 302 g/mol. The summed E-state index contributed by atoms with van der Waals surface area (Å²) in [7, 11) is 0. The van der Waals surface area contributed by atoms with Crippen molar-refractivity contribution in [2.24, 2.45) is 5.16 Å². The highest BCUT2D eigenvalue weighted by Crippen LogP contribution is 2.25. The Balaban J connectivity index is 1.53. The van der Waals surface area contributed by atoms with Crippen LogP contribution in [0.1, 0.15) is 40.7 Å². The first-order valence-electron chi connectivity index (χ1n) is 8.21. The van der Waals surface area contributed by atoms with Gasteiger partial charge in [-0.3, -0.25) is 0 Å². The van der Waals surface area contributed by atoms with E-state index in [-0.39, 0.29) is 0 Å². The minimum Gasteiger partial charge on any atom is -0.391 e. The second-order valence-corrected chi connectivity index (χ2v) is 6.35. The van der Waals surface area contributed by atoms with Gasteiger partial charge in [0.15, 0.2) is 0 Å². The molecule has 0 saturated carbocycles. The van der Waals surface area contributed by atoms with Crippen LogP contribution in [0.15, 0.2) is 40.1 Å². The van der Waals surface area contributed by atoms with Crippen molar-refractivity contribution in [3.05, 3.63) is 58.1 Å². The average molecular weight is 321 g/mol. The van der Waals surface area contributed by atoms with E-state index in [1.54, 1.807) is 0 Å². The van der Waals surface area contributed by atoms with Crippen LogP contribution in [0.25, 0.3) is 11.0 Å². The van der Waals surface area contributed by atoms with Gasteiger partial charge in [-0.15, -0.1) is 0 Å². The molecule has 0 unspecified atom stereocenters. The Morgan fingerprint density at radius 1 is 1.04 bits per heavy atom. The number of aromatic nitrogens is 2. The fourth-order valence-electron chi connectivity index (χ4n) is 3.13. The Labute approximate surface area is 140 Å². The van der Waals surface area contributed by atoms with Gasteiger partial charge in [0, 0.05) is 5.56 Å². The number of rotatable bonds is 3. The molecule has 0 saturated heterocycles. The zero-order valence-electron chi connectivity index (χ0n) is 13.9. The first-order valence-corrected chi connectivity index (χ1v) is 8.21. The summed E-state index contributed by atoms with van der Waals surface area (Å²) < 4.78 is 4.71. The third kappa shape index (κ3) is 2.77. The van der Waals surface area contributed by atoms with Gasteiger partial charge in [-0.1, -0.05) is 17.3 Å². The second kappa shape index (κ2) is 6.07. The average Bonchev–Trinajstić information content (AvgIpc) is 3.04. The standard InChI is InChI=1S/C19H19N3O2/c1-12-8-15-4-3-5-17(16(15)9-13(12)2)20-23-11-14-6-7-18-19(10-14)22-24-21-18/h6-10H,3-5,11H2,1-2H3/b20-17+. The molecule has 5 heteroatoms. The maximum Gasteiger partial charge on any atom is 0.142 e. The molecular formula is C19H19N3O2. The molecule has 3 aromatic rings. The van der Waals surface area contributed by atoms with E-state index in [1.165, 1.54) is 22.3 Å².